The van der Waals surface area contributed by atoms with Gasteiger partial charge in [0.15, 0.2) is 6.04 Å². The van der Waals surface area contributed by atoms with Gasteiger partial charge in [0.1, 0.15) is 5.60 Å². The van der Waals surface area contributed by atoms with E-state index in [0.29, 0.717) is 10.0 Å². The molecule has 0 fully saturated rings. The molecule has 6 nitrogen and oxygen atoms in total. The SMILES string of the molecule is CCN(C(=O)OC(C)(C)C)C(C(=O)O)c1cncc(Br)c1. The quantitative estimate of drug-likeness (QED) is 0.893. The minimum atomic E-state index is -1.14. The Morgan fingerprint density at radius 2 is 2.05 bits per heavy atom. The average molecular weight is 359 g/mol. The van der Waals surface area contributed by atoms with Crippen LogP contribution in [0.5, 0.6) is 0 Å². The van der Waals surface area contributed by atoms with Gasteiger partial charge in [-0.25, -0.2) is 9.59 Å². The van der Waals surface area contributed by atoms with Crippen LogP contribution in [0.4, 0.5) is 4.79 Å². The van der Waals surface area contributed by atoms with E-state index in [0.717, 1.165) is 4.90 Å². The van der Waals surface area contributed by atoms with Crippen molar-refractivity contribution in [1.29, 1.82) is 0 Å². The molecule has 1 amide bonds. The van der Waals surface area contributed by atoms with E-state index in [1.807, 2.05) is 0 Å². The molecule has 7 heteroatoms. The molecule has 0 saturated carbocycles. The monoisotopic (exact) mass is 358 g/mol. The number of halogens is 1. The molecule has 1 N–H and O–H groups in total. The normalized spacial score (nSPS) is 12.6. The van der Waals surface area contributed by atoms with Crippen LogP contribution < -0.4 is 0 Å². The number of carbonyl (C=O) groups excluding carboxylic acids is 1. The van der Waals surface area contributed by atoms with Crippen LogP contribution in [0.25, 0.3) is 0 Å². The Morgan fingerprint density at radius 1 is 1.43 bits per heavy atom. The molecular weight excluding hydrogens is 340 g/mol. The highest BCUT2D eigenvalue weighted by Crippen LogP contribution is 2.25. The number of carbonyl (C=O) groups is 2. The number of hydrogen-bond acceptors (Lipinski definition) is 4. The Bertz CT molecular complexity index is 528. The van der Waals surface area contributed by atoms with Gasteiger partial charge < -0.3 is 9.84 Å². The fourth-order valence-corrected chi connectivity index (χ4v) is 2.15. The fraction of sp³-hybridized carbons (Fsp3) is 0.500. The van der Waals surface area contributed by atoms with E-state index in [-0.39, 0.29) is 6.54 Å². The number of aliphatic carboxylic acids is 1. The molecule has 0 aliphatic heterocycles. The van der Waals surface area contributed by atoms with Gasteiger partial charge in [-0.3, -0.25) is 9.88 Å². The summed E-state index contributed by atoms with van der Waals surface area (Å²) >= 11 is 3.25. The fourth-order valence-electron chi connectivity index (χ4n) is 1.77. The molecule has 0 aliphatic carbocycles. The van der Waals surface area contributed by atoms with Crippen molar-refractivity contribution >= 4 is 28.0 Å². The summed E-state index contributed by atoms with van der Waals surface area (Å²) in [5.74, 6) is -1.14. The van der Waals surface area contributed by atoms with Crippen molar-refractivity contribution in [1.82, 2.24) is 9.88 Å². The van der Waals surface area contributed by atoms with Gasteiger partial charge in [0, 0.05) is 29.0 Å². The van der Waals surface area contributed by atoms with E-state index in [1.165, 1.54) is 6.20 Å². The van der Waals surface area contributed by atoms with Crippen molar-refractivity contribution in [2.45, 2.75) is 39.3 Å². The largest absolute Gasteiger partial charge is 0.479 e. The molecule has 0 radical (unpaired) electrons. The van der Waals surface area contributed by atoms with E-state index in [4.69, 9.17) is 4.74 Å². The third-order valence-corrected chi connectivity index (χ3v) is 2.99. The second-order valence-corrected chi connectivity index (χ2v) is 6.36. The van der Waals surface area contributed by atoms with Crippen LogP contribution in [0, 0.1) is 0 Å². The lowest BCUT2D eigenvalue weighted by Crippen LogP contribution is -2.42. The first kappa shape index (κ1) is 17.4. The van der Waals surface area contributed by atoms with Crippen LogP contribution >= 0.6 is 15.9 Å². The van der Waals surface area contributed by atoms with E-state index in [1.54, 1.807) is 40.0 Å². The van der Waals surface area contributed by atoms with Crippen LogP contribution in [0.1, 0.15) is 39.3 Å². The molecule has 21 heavy (non-hydrogen) atoms. The average Bonchev–Trinajstić information content (AvgIpc) is 2.32. The predicted molar refractivity (Wildman–Crippen MR) is 80.9 cm³/mol. The minimum absolute atomic E-state index is 0.207. The van der Waals surface area contributed by atoms with Crippen LogP contribution in [0.15, 0.2) is 22.9 Å². The van der Waals surface area contributed by atoms with Crippen LogP contribution in [-0.2, 0) is 9.53 Å². The van der Waals surface area contributed by atoms with Crippen molar-refractivity contribution in [3.05, 3.63) is 28.5 Å². The first-order valence-corrected chi connectivity index (χ1v) is 7.28. The summed E-state index contributed by atoms with van der Waals surface area (Å²) in [6, 6.07) is 0.480. The Hall–Kier alpha value is -1.63. The number of aromatic nitrogens is 1. The van der Waals surface area contributed by atoms with Gasteiger partial charge in [-0.1, -0.05) is 0 Å². The highest BCUT2D eigenvalue weighted by atomic mass is 79.9. The maximum Gasteiger partial charge on any atom is 0.411 e. The van der Waals surface area contributed by atoms with Crippen molar-refractivity contribution in [2.75, 3.05) is 6.54 Å². The molecule has 1 unspecified atom stereocenters. The predicted octanol–water partition coefficient (Wildman–Crippen LogP) is 3.23. The van der Waals surface area contributed by atoms with Crippen LogP contribution in [0.2, 0.25) is 0 Å². The number of amides is 1. The molecule has 1 rings (SSSR count). The van der Waals surface area contributed by atoms with Crippen molar-refractivity contribution in [3.63, 3.8) is 0 Å². The Morgan fingerprint density at radius 3 is 2.48 bits per heavy atom. The summed E-state index contributed by atoms with van der Waals surface area (Å²) in [5, 5.41) is 9.47. The van der Waals surface area contributed by atoms with Crippen molar-refractivity contribution < 1.29 is 19.4 Å². The van der Waals surface area contributed by atoms with Gasteiger partial charge >= 0.3 is 12.1 Å². The molecular formula is C14H19BrN2O4. The third kappa shape index (κ3) is 5.00. The summed E-state index contributed by atoms with van der Waals surface area (Å²) < 4.78 is 5.91. The van der Waals surface area contributed by atoms with Gasteiger partial charge in [0.05, 0.1) is 0 Å². The van der Waals surface area contributed by atoms with Gasteiger partial charge in [-0.2, -0.15) is 0 Å². The number of hydrogen-bond donors (Lipinski definition) is 1. The first-order valence-electron chi connectivity index (χ1n) is 6.48. The number of carboxylic acid groups (broad SMARTS) is 1. The summed E-state index contributed by atoms with van der Waals surface area (Å²) in [6.45, 7) is 7.10. The highest BCUT2D eigenvalue weighted by molar-refractivity contribution is 9.10. The van der Waals surface area contributed by atoms with E-state index in [9.17, 15) is 14.7 Å². The first-order chi connectivity index (χ1) is 9.65. The van der Waals surface area contributed by atoms with E-state index < -0.39 is 23.7 Å². The van der Waals surface area contributed by atoms with Crippen LogP contribution in [-0.4, -0.2) is 39.2 Å². The smallest absolute Gasteiger partial charge is 0.411 e. The van der Waals surface area contributed by atoms with Crippen molar-refractivity contribution in [3.8, 4) is 0 Å². The number of carboxylic acids is 1. The second-order valence-electron chi connectivity index (χ2n) is 5.44. The number of ether oxygens (including phenoxy) is 1. The maximum atomic E-state index is 12.2. The molecule has 1 aromatic heterocycles. The molecule has 116 valence electrons. The zero-order valence-corrected chi connectivity index (χ0v) is 14.0. The number of nitrogens with zero attached hydrogens (tertiary/aromatic N) is 2. The van der Waals surface area contributed by atoms with Gasteiger partial charge in [-0.15, -0.1) is 0 Å². The van der Waals surface area contributed by atoms with Gasteiger partial charge in [0.2, 0.25) is 0 Å². The summed E-state index contributed by atoms with van der Waals surface area (Å²) in [7, 11) is 0. The Kier molecular flexibility index (Phi) is 5.71. The number of likely N-dealkylation sites (N-methyl/N-ethyl adjacent to an activating group) is 1. The van der Waals surface area contributed by atoms with E-state index >= 15 is 0 Å². The van der Waals surface area contributed by atoms with Crippen LogP contribution in [0.3, 0.4) is 0 Å². The third-order valence-electron chi connectivity index (χ3n) is 2.56. The topological polar surface area (TPSA) is 79.7 Å². The maximum absolute atomic E-state index is 12.2. The molecule has 0 bridgehead atoms. The molecule has 0 saturated heterocycles. The van der Waals surface area contributed by atoms with Crippen molar-refractivity contribution in [2.24, 2.45) is 0 Å². The summed E-state index contributed by atoms with van der Waals surface area (Å²) in [5.41, 5.74) is -0.284. The van der Waals surface area contributed by atoms with E-state index in [2.05, 4.69) is 20.9 Å². The molecule has 1 aromatic rings. The van der Waals surface area contributed by atoms with Gasteiger partial charge in [-0.05, 0) is 49.7 Å². The Balaban J connectivity index is 3.13. The number of pyridine rings is 1. The Labute approximate surface area is 132 Å². The zero-order chi connectivity index (χ0) is 16.2. The molecule has 1 atom stereocenters. The second kappa shape index (κ2) is 6.89. The van der Waals surface area contributed by atoms with Gasteiger partial charge in [0.25, 0.3) is 0 Å². The molecule has 1 heterocycles. The number of rotatable bonds is 4. The molecule has 0 spiro atoms. The summed E-state index contributed by atoms with van der Waals surface area (Å²) in [4.78, 5) is 28.9. The zero-order valence-electron chi connectivity index (χ0n) is 12.5. The minimum Gasteiger partial charge on any atom is -0.479 e. The summed E-state index contributed by atoms with van der Waals surface area (Å²) in [6.07, 6.45) is 2.31. The standard InChI is InChI=1S/C14H19BrN2O4/c1-5-17(13(20)21-14(2,3)4)11(12(18)19)9-6-10(15)8-16-7-9/h6-8,11H,5H2,1-4H3,(H,18,19). The highest BCUT2D eigenvalue weighted by Gasteiger charge is 2.33. The molecule has 0 aliphatic rings. The lowest BCUT2D eigenvalue weighted by Gasteiger charge is -2.30. The lowest BCUT2D eigenvalue weighted by atomic mass is 10.1. The molecule has 0 aromatic carbocycles. The lowest BCUT2D eigenvalue weighted by molar-refractivity contribution is -0.143.